The Labute approximate surface area is 157 Å². The molecule has 0 spiro atoms. The van der Waals surface area contributed by atoms with Crippen molar-refractivity contribution in [3.05, 3.63) is 35.9 Å². The summed E-state index contributed by atoms with van der Waals surface area (Å²) in [5.74, 6) is 0.302. The van der Waals surface area contributed by atoms with Gasteiger partial charge in [0, 0.05) is 5.92 Å². The number of nitrogens with zero attached hydrogens (tertiary/aromatic N) is 1. The van der Waals surface area contributed by atoms with Crippen LogP contribution in [0.4, 0.5) is 4.79 Å². The number of amides is 2. The van der Waals surface area contributed by atoms with E-state index in [4.69, 9.17) is 4.74 Å². The lowest BCUT2D eigenvalue weighted by Gasteiger charge is -2.25. The molecule has 0 radical (unpaired) electrons. The number of carbonyl (C=O) groups is 2. The second-order valence-corrected chi connectivity index (χ2v) is 7.61. The fourth-order valence-corrected chi connectivity index (χ4v) is 3.83. The molecule has 2 amide bonds. The molecule has 0 saturated carbocycles. The molecule has 1 aliphatic heterocycles. The Morgan fingerprint density at radius 3 is 2.50 bits per heavy atom. The minimum Gasteiger partial charge on any atom is -0.439 e. The molecule has 0 bridgehead atoms. The van der Waals surface area contributed by atoms with E-state index in [-0.39, 0.29) is 24.0 Å². The predicted octanol–water partition coefficient (Wildman–Crippen LogP) is 5.73. The van der Waals surface area contributed by atoms with Gasteiger partial charge in [-0.3, -0.25) is 4.79 Å². The van der Waals surface area contributed by atoms with Crippen LogP contribution in [0.5, 0.6) is 0 Å². The average Bonchev–Trinajstić information content (AvgIpc) is 2.94. The van der Waals surface area contributed by atoms with Crippen LogP contribution in [0.2, 0.25) is 0 Å². The van der Waals surface area contributed by atoms with Gasteiger partial charge in [0.1, 0.15) is 6.10 Å². The zero-order valence-corrected chi connectivity index (χ0v) is 16.6. The largest absolute Gasteiger partial charge is 0.439 e. The molecular formula is C22H33NO3. The van der Waals surface area contributed by atoms with Gasteiger partial charge in [0.05, 0.1) is 6.04 Å². The first kappa shape index (κ1) is 20.5. The standard InChI is InChI=1S/C22H33NO3/c1-5-7-9-12-16(3)15-18(6-2)21(24)23-17(4)20(26-22(23)25)19-13-10-8-11-14-19/h8,10-11,13-14,16-18,20H,5-7,9,12,15H2,1-4H3/t16-,17-,18-,20-/m1/s1. The van der Waals surface area contributed by atoms with Crippen molar-refractivity contribution in [1.82, 2.24) is 4.90 Å². The summed E-state index contributed by atoms with van der Waals surface area (Å²) < 4.78 is 5.54. The van der Waals surface area contributed by atoms with Gasteiger partial charge in [0.2, 0.25) is 5.91 Å². The number of hydrogen-bond acceptors (Lipinski definition) is 3. The van der Waals surface area contributed by atoms with Crippen LogP contribution in [0.15, 0.2) is 30.3 Å². The van der Waals surface area contributed by atoms with E-state index in [9.17, 15) is 9.59 Å². The number of ether oxygens (including phenoxy) is 1. The van der Waals surface area contributed by atoms with E-state index in [1.807, 2.05) is 44.2 Å². The Bertz CT molecular complexity index is 586. The second-order valence-electron chi connectivity index (χ2n) is 7.61. The summed E-state index contributed by atoms with van der Waals surface area (Å²) in [5, 5.41) is 0. The van der Waals surface area contributed by atoms with E-state index in [2.05, 4.69) is 13.8 Å². The van der Waals surface area contributed by atoms with Gasteiger partial charge in [-0.15, -0.1) is 0 Å². The van der Waals surface area contributed by atoms with Crippen LogP contribution in [0.1, 0.15) is 77.9 Å². The van der Waals surface area contributed by atoms with Crippen molar-refractivity contribution < 1.29 is 14.3 Å². The Balaban J connectivity index is 2.03. The first-order valence-electron chi connectivity index (χ1n) is 10.1. The molecule has 0 aromatic heterocycles. The number of cyclic esters (lactones) is 1. The summed E-state index contributed by atoms with van der Waals surface area (Å²) >= 11 is 0. The predicted molar refractivity (Wildman–Crippen MR) is 104 cm³/mol. The van der Waals surface area contributed by atoms with E-state index in [1.54, 1.807) is 0 Å². The molecule has 1 saturated heterocycles. The van der Waals surface area contributed by atoms with Crippen LogP contribution in [0.25, 0.3) is 0 Å². The molecule has 144 valence electrons. The molecule has 1 fully saturated rings. The highest BCUT2D eigenvalue weighted by atomic mass is 16.6. The Morgan fingerprint density at radius 2 is 1.88 bits per heavy atom. The van der Waals surface area contributed by atoms with Gasteiger partial charge in [0.15, 0.2) is 0 Å². The van der Waals surface area contributed by atoms with Crippen molar-refractivity contribution in [1.29, 1.82) is 0 Å². The number of benzene rings is 1. The summed E-state index contributed by atoms with van der Waals surface area (Å²) in [5.41, 5.74) is 0.935. The molecule has 1 aliphatic rings. The van der Waals surface area contributed by atoms with Crippen LogP contribution in [0, 0.1) is 11.8 Å². The highest BCUT2D eigenvalue weighted by Gasteiger charge is 2.44. The molecule has 1 heterocycles. The van der Waals surface area contributed by atoms with E-state index in [0.29, 0.717) is 5.92 Å². The van der Waals surface area contributed by atoms with Crippen molar-refractivity contribution >= 4 is 12.0 Å². The molecule has 0 N–H and O–H groups in total. The minimum atomic E-state index is -0.506. The molecule has 1 aromatic carbocycles. The maximum atomic E-state index is 13.1. The van der Waals surface area contributed by atoms with Crippen LogP contribution < -0.4 is 0 Å². The van der Waals surface area contributed by atoms with E-state index in [1.165, 1.54) is 24.2 Å². The topological polar surface area (TPSA) is 46.6 Å². The maximum absolute atomic E-state index is 13.1. The quantitative estimate of drug-likeness (QED) is 0.529. The van der Waals surface area contributed by atoms with Gasteiger partial charge < -0.3 is 4.74 Å². The van der Waals surface area contributed by atoms with Gasteiger partial charge >= 0.3 is 6.09 Å². The van der Waals surface area contributed by atoms with Crippen molar-refractivity contribution in [2.24, 2.45) is 11.8 Å². The molecule has 4 heteroatoms. The van der Waals surface area contributed by atoms with Crippen molar-refractivity contribution in [2.45, 2.75) is 78.4 Å². The fourth-order valence-electron chi connectivity index (χ4n) is 3.83. The van der Waals surface area contributed by atoms with Crippen molar-refractivity contribution in [3.8, 4) is 0 Å². The van der Waals surface area contributed by atoms with Crippen molar-refractivity contribution in [2.75, 3.05) is 0 Å². The van der Waals surface area contributed by atoms with E-state index < -0.39 is 6.09 Å². The van der Waals surface area contributed by atoms with Gasteiger partial charge in [-0.05, 0) is 31.2 Å². The number of unbranched alkanes of at least 4 members (excludes halogenated alkanes) is 2. The smallest absolute Gasteiger partial charge is 0.417 e. The average molecular weight is 360 g/mol. The van der Waals surface area contributed by atoms with Crippen LogP contribution >= 0.6 is 0 Å². The van der Waals surface area contributed by atoms with Gasteiger partial charge in [-0.25, -0.2) is 9.69 Å². The molecule has 1 aromatic rings. The Morgan fingerprint density at radius 1 is 1.19 bits per heavy atom. The number of rotatable bonds is 9. The molecule has 0 unspecified atom stereocenters. The van der Waals surface area contributed by atoms with Crippen LogP contribution in [-0.2, 0) is 9.53 Å². The molecule has 2 rings (SSSR count). The molecule has 26 heavy (non-hydrogen) atoms. The number of carbonyl (C=O) groups excluding carboxylic acids is 2. The minimum absolute atomic E-state index is 0.0780. The first-order chi connectivity index (χ1) is 12.5. The summed E-state index contributed by atoms with van der Waals surface area (Å²) in [6, 6.07) is 9.38. The van der Waals surface area contributed by atoms with Crippen molar-refractivity contribution in [3.63, 3.8) is 0 Å². The summed E-state index contributed by atoms with van der Waals surface area (Å²) in [7, 11) is 0. The van der Waals surface area contributed by atoms with Gasteiger partial charge in [0.25, 0.3) is 0 Å². The fraction of sp³-hybridized carbons (Fsp3) is 0.636. The molecule has 4 atom stereocenters. The SMILES string of the molecule is CCCCC[C@@H](C)C[C@@H](CC)C(=O)N1C(=O)O[C@@H](c2ccccc2)[C@H]1C. The molecular weight excluding hydrogens is 326 g/mol. The lowest BCUT2D eigenvalue weighted by Crippen LogP contribution is -2.42. The number of imide groups is 1. The zero-order valence-electron chi connectivity index (χ0n) is 16.6. The second kappa shape index (κ2) is 9.75. The lowest BCUT2D eigenvalue weighted by atomic mass is 9.89. The zero-order chi connectivity index (χ0) is 19.1. The monoisotopic (exact) mass is 359 g/mol. The Kier molecular flexibility index (Phi) is 7.67. The third kappa shape index (κ3) is 4.87. The molecule has 0 aliphatic carbocycles. The summed E-state index contributed by atoms with van der Waals surface area (Å²) in [6.45, 7) is 8.34. The van der Waals surface area contributed by atoms with Gasteiger partial charge in [-0.2, -0.15) is 0 Å². The van der Waals surface area contributed by atoms with Crippen LogP contribution in [-0.4, -0.2) is 22.9 Å². The third-order valence-electron chi connectivity index (χ3n) is 5.46. The third-order valence-corrected chi connectivity index (χ3v) is 5.46. The number of hydrogen-bond donors (Lipinski definition) is 0. The highest BCUT2D eigenvalue weighted by Crippen LogP contribution is 2.34. The van der Waals surface area contributed by atoms with Crippen LogP contribution in [0.3, 0.4) is 0 Å². The maximum Gasteiger partial charge on any atom is 0.417 e. The summed E-state index contributed by atoms with van der Waals surface area (Å²) in [6.07, 6.45) is 5.50. The summed E-state index contributed by atoms with van der Waals surface area (Å²) in [4.78, 5) is 26.8. The highest BCUT2D eigenvalue weighted by molar-refractivity contribution is 5.95. The normalized spacial score (nSPS) is 22.2. The van der Waals surface area contributed by atoms with Gasteiger partial charge in [-0.1, -0.05) is 76.8 Å². The molecule has 4 nitrogen and oxygen atoms in total. The Hall–Kier alpha value is -1.84. The van der Waals surface area contributed by atoms with E-state index >= 15 is 0 Å². The van der Waals surface area contributed by atoms with E-state index in [0.717, 1.165) is 24.8 Å². The lowest BCUT2D eigenvalue weighted by molar-refractivity contribution is -0.134. The first-order valence-corrected chi connectivity index (χ1v) is 10.1.